The van der Waals surface area contributed by atoms with Crippen molar-refractivity contribution in [2.75, 3.05) is 13.2 Å². The van der Waals surface area contributed by atoms with Gasteiger partial charge < -0.3 is 14.2 Å². The summed E-state index contributed by atoms with van der Waals surface area (Å²) in [5.41, 5.74) is 0. The summed E-state index contributed by atoms with van der Waals surface area (Å²) in [6, 6.07) is 0. The molecule has 6 nitrogen and oxygen atoms in total. The molecule has 0 fully saturated rings. The number of carbonyl (C=O) groups is 3. The van der Waals surface area contributed by atoms with Crippen LogP contribution in [0, 0.1) is 0 Å². The zero-order valence-electron chi connectivity index (χ0n) is 45.1. The molecule has 0 bridgehead atoms. The topological polar surface area (TPSA) is 78.9 Å². The molecule has 0 saturated carbocycles. The summed E-state index contributed by atoms with van der Waals surface area (Å²) in [7, 11) is 0. The molecule has 68 heavy (non-hydrogen) atoms. The van der Waals surface area contributed by atoms with Gasteiger partial charge in [-0.1, -0.05) is 248 Å². The van der Waals surface area contributed by atoms with Gasteiger partial charge in [0.25, 0.3) is 0 Å². The van der Waals surface area contributed by atoms with Gasteiger partial charge in [0.05, 0.1) is 0 Å². The second kappa shape index (κ2) is 56.7. The Morgan fingerprint density at radius 3 is 0.882 bits per heavy atom. The fraction of sp³-hybridized carbons (Fsp3) is 0.790. The maximum atomic E-state index is 12.8. The van der Waals surface area contributed by atoms with Crippen LogP contribution in [0.4, 0.5) is 0 Å². The van der Waals surface area contributed by atoms with Crippen molar-refractivity contribution in [2.24, 2.45) is 0 Å². The van der Waals surface area contributed by atoms with Gasteiger partial charge in [0, 0.05) is 19.3 Å². The highest BCUT2D eigenvalue weighted by molar-refractivity contribution is 5.71. The lowest BCUT2D eigenvalue weighted by Crippen LogP contribution is -2.30. The van der Waals surface area contributed by atoms with Crippen LogP contribution in [0.5, 0.6) is 0 Å². The van der Waals surface area contributed by atoms with Crippen LogP contribution < -0.4 is 0 Å². The molecule has 0 N–H and O–H groups in total. The maximum absolute atomic E-state index is 12.8. The molecular formula is C62H110O6. The van der Waals surface area contributed by atoms with Crippen LogP contribution in [0.2, 0.25) is 0 Å². The average molecular weight is 952 g/mol. The third-order valence-corrected chi connectivity index (χ3v) is 12.7. The highest BCUT2D eigenvalue weighted by Gasteiger charge is 2.19. The molecule has 0 aliphatic carbocycles. The molecule has 0 spiro atoms. The smallest absolute Gasteiger partial charge is 0.306 e. The number of allylic oxidation sites excluding steroid dienone is 10. The lowest BCUT2D eigenvalue weighted by Gasteiger charge is -2.18. The van der Waals surface area contributed by atoms with Gasteiger partial charge >= 0.3 is 17.9 Å². The average Bonchev–Trinajstić information content (AvgIpc) is 3.34. The Balaban J connectivity index is 4.39. The van der Waals surface area contributed by atoms with Gasteiger partial charge in [0.1, 0.15) is 13.2 Å². The minimum atomic E-state index is -0.790. The standard InChI is InChI=1S/C62H110O6/c1-4-7-10-13-16-19-22-25-27-29-31-33-35-37-40-43-46-49-52-55-61(64)67-58-59(57-66-60(63)54-51-48-45-42-39-24-21-18-15-12-9-6-3)68-62(65)56-53-50-47-44-41-38-36-34-32-30-28-26-23-20-17-14-11-8-5-2/h17,20,25-28,32,34,38,41,59H,4-16,18-19,21-24,29-31,33,35-37,39-40,42-58H2,1-3H3/b20-17-,27-25-,28-26-,34-32-,41-38-/t59-/m0/s1. The molecule has 0 aliphatic rings. The molecular weight excluding hydrogens is 841 g/mol. The fourth-order valence-corrected chi connectivity index (χ4v) is 8.30. The number of carbonyl (C=O) groups excluding carboxylic acids is 3. The van der Waals surface area contributed by atoms with Gasteiger partial charge in [-0.05, 0) is 89.9 Å². The molecule has 6 heteroatoms. The Morgan fingerprint density at radius 2 is 0.529 bits per heavy atom. The van der Waals surface area contributed by atoms with E-state index in [0.717, 1.165) is 83.5 Å². The Bertz CT molecular complexity index is 1230. The molecule has 0 aromatic rings. The number of esters is 3. The Hall–Kier alpha value is -2.89. The first-order valence-electron chi connectivity index (χ1n) is 29.3. The first-order valence-corrected chi connectivity index (χ1v) is 29.3. The molecule has 0 saturated heterocycles. The van der Waals surface area contributed by atoms with Crippen molar-refractivity contribution in [1.82, 2.24) is 0 Å². The van der Waals surface area contributed by atoms with Crippen molar-refractivity contribution in [2.45, 2.75) is 303 Å². The van der Waals surface area contributed by atoms with Gasteiger partial charge in [-0.3, -0.25) is 14.4 Å². The number of hydrogen-bond acceptors (Lipinski definition) is 6. The van der Waals surface area contributed by atoms with Gasteiger partial charge in [-0.2, -0.15) is 0 Å². The van der Waals surface area contributed by atoms with E-state index < -0.39 is 6.10 Å². The van der Waals surface area contributed by atoms with Crippen molar-refractivity contribution < 1.29 is 28.6 Å². The molecule has 0 aromatic carbocycles. The first kappa shape index (κ1) is 65.1. The third kappa shape index (κ3) is 54.1. The Kier molecular flexibility index (Phi) is 54.3. The normalized spacial score (nSPS) is 12.5. The Morgan fingerprint density at radius 1 is 0.294 bits per heavy atom. The van der Waals surface area contributed by atoms with E-state index in [9.17, 15) is 14.4 Å². The zero-order valence-corrected chi connectivity index (χ0v) is 45.1. The van der Waals surface area contributed by atoms with Crippen molar-refractivity contribution in [3.63, 3.8) is 0 Å². The van der Waals surface area contributed by atoms with Gasteiger partial charge in [-0.15, -0.1) is 0 Å². The van der Waals surface area contributed by atoms with Crippen molar-refractivity contribution >= 4 is 17.9 Å². The van der Waals surface area contributed by atoms with Gasteiger partial charge in [0.2, 0.25) is 0 Å². The van der Waals surface area contributed by atoms with Gasteiger partial charge in [0.15, 0.2) is 6.10 Å². The first-order chi connectivity index (χ1) is 33.5. The molecule has 0 aliphatic heterocycles. The molecule has 1 atom stereocenters. The molecule has 0 unspecified atom stereocenters. The van der Waals surface area contributed by atoms with Crippen LogP contribution in [0.3, 0.4) is 0 Å². The summed E-state index contributed by atoms with van der Waals surface area (Å²) in [6.45, 7) is 6.60. The minimum absolute atomic E-state index is 0.0852. The van der Waals surface area contributed by atoms with Gasteiger partial charge in [-0.25, -0.2) is 0 Å². The lowest BCUT2D eigenvalue weighted by molar-refractivity contribution is -0.167. The predicted octanol–water partition coefficient (Wildman–Crippen LogP) is 19.6. The third-order valence-electron chi connectivity index (χ3n) is 12.7. The summed E-state index contributed by atoms with van der Waals surface area (Å²) >= 11 is 0. The second-order valence-electron chi connectivity index (χ2n) is 19.6. The van der Waals surface area contributed by atoms with E-state index >= 15 is 0 Å². The van der Waals surface area contributed by atoms with Crippen LogP contribution in [-0.2, 0) is 28.6 Å². The van der Waals surface area contributed by atoms with E-state index in [1.165, 1.54) is 173 Å². The number of hydrogen-bond donors (Lipinski definition) is 0. The highest BCUT2D eigenvalue weighted by Crippen LogP contribution is 2.16. The molecule has 394 valence electrons. The number of rotatable bonds is 53. The molecule has 0 amide bonds. The summed E-state index contributed by atoms with van der Waals surface area (Å²) in [6.07, 6.45) is 70.7. The zero-order chi connectivity index (χ0) is 49.3. The fourth-order valence-electron chi connectivity index (χ4n) is 8.30. The van der Waals surface area contributed by atoms with E-state index in [1.54, 1.807) is 0 Å². The summed E-state index contributed by atoms with van der Waals surface area (Å²) in [5.74, 6) is -0.907. The molecule has 0 aromatic heterocycles. The van der Waals surface area contributed by atoms with E-state index in [2.05, 4.69) is 81.5 Å². The number of ether oxygens (including phenoxy) is 3. The summed E-state index contributed by atoms with van der Waals surface area (Å²) < 4.78 is 16.8. The van der Waals surface area contributed by atoms with Crippen LogP contribution in [0.1, 0.15) is 297 Å². The van der Waals surface area contributed by atoms with E-state index in [1.807, 2.05) is 0 Å². The molecule has 0 heterocycles. The van der Waals surface area contributed by atoms with Crippen molar-refractivity contribution in [1.29, 1.82) is 0 Å². The van der Waals surface area contributed by atoms with Crippen molar-refractivity contribution in [3.8, 4) is 0 Å². The Labute approximate surface area is 421 Å². The molecule has 0 radical (unpaired) electrons. The molecule has 0 rings (SSSR count). The highest BCUT2D eigenvalue weighted by atomic mass is 16.6. The van der Waals surface area contributed by atoms with Crippen LogP contribution >= 0.6 is 0 Å². The van der Waals surface area contributed by atoms with Crippen molar-refractivity contribution in [3.05, 3.63) is 60.8 Å². The number of unbranched alkanes of at least 4 members (excludes halogenated alkanes) is 32. The van der Waals surface area contributed by atoms with Crippen LogP contribution in [-0.4, -0.2) is 37.2 Å². The quantitative estimate of drug-likeness (QED) is 0.0262. The largest absolute Gasteiger partial charge is 0.462 e. The van der Waals surface area contributed by atoms with E-state index in [4.69, 9.17) is 14.2 Å². The minimum Gasteiger partial charge on any atom is -0.462 e. The van der Waals surface area contributed by atoms with Crippen LogP contribution in [0.15, 0.2) is 60.8 Å². The lowest BCUT2D eigenvalue weighted by atomic mass is 10.0. The maximum Gasteiger partial charge on any atom is 0.306 e. The predicted molar refractivity (Wildman–Crippen MR) is 293 cm³/mol. The van der Waals surface area contributed by atoms with E-state index in [0.29, 0.717) is 19.3 Å². The monoisotopic (exact) mass is 951 g/mol. The summed E-state index contributed by atoms with van der Waals surface area (Å²) in [5, 5.41) is 0. The van der Waals surface area contributed by atoms with E-state index in [-0.39, 0.29) is 31.1 Å². The SMILES string of the molecule is CCCCC/C=C\C/C=C\C/C=C\C/C=C\CCCCCC(=O)O[C@H](COC(=O)CCCCCCCCCCC/C=C\CCCCCCCC)COC(=O)CCCCCCCCCCCCCC. The van der Waals surface area contributed by atoms with Crippen LogP contribution in [0.25, 0.3) is 0 Å². The summed E-state index contributed by atoms with van der Waals surface area (Å²) in [4.78, 5) is 38.1. The second-order valence-corrected chi connectivity index (χ2v) is 19.6.